The summed E-state index contributed by atoms with van der Waals surface area (Å²) in [4.78, 5) is 24.1. The van der Waals surface area contributed by atoms with Gasteiger partial charge in [0.25, 0.3) is 0 Å². The van der Waals surface area contributed by atoms with Crippen LogP contribution in [0.4, 0.5) is 11.8 Å². The molecule has 6 N–H and O–H groups in total. The van der Waals surface area contributed by atoms with Gasteiger partial charge >= 0.3 is 7.75 Å². The Hall–Kier alpha value is -2.36. The SMILES string of the molecule is C[C@H]1[C@H](O)[C@@H](COP(=O)(N[C@@H](C)C(=O)I)Oc2ccccc2)O[C@H]1n1cnc2c(N)nc(N)nc21. The van der Waals surface area contributed by atoms with Crippen LogP contribution in [0.25, 0.3) is 11.2 Å². The molecule has 1 aliphatic rings. The Kier molecular flexibility index (Phi) is 7.59. The number of benzene rings is 1. The van der Waals surface area contributed by atoms with E-state index in [4.69, 9.17) is 25.3 Å². The first-order chi connectivity index (χ1) is 16.6. The number of imidazole rings is 1. The fraction of sp³-hybridized carbons (Fsp3) is 0.400. The highest BCUT2D eigenvalue weighted by Gasteiger charge is 2.44. The fourth-order valence-corrected chi connectivity index (χ4v) is 5.58. The third-order valence-electron chi connectivity index (χ3n) is 5.49. The van der Waals surface area contributed by atoms with Crippen molar-refractivity contribution < 1.29 is 28.3 Å². The summed E-state index contributed by atoms with van der Waals surface area (Å²) >= 11 is 1.60. The molecular formula is C20H25IN7O6P. The van der Waals surface area contributed by atoms with Crippen molar-refractivity contribution in [3.8, 4) is 5.75 Å². The van der Waals surface area contributed by atoms with E-state index in [0.717, 1.165) is 0 Å². The Balaban J connectivity index is 1.53. The van der Waals surface area contributed by atoms with Crippen molar-refractivity contribution in [3.63, 3.8) is 0 Å². The lowest BCUT2D eigenvalue weighted by atomic mass is 10.0. The van der Waals surface area contributed by atoms with E-state index >= 15 is 0 Å². The number of carbonyl (C=O) groups is 1. The van der Waals surface area contributed by atoms with Gasteiger partial charge in [0.15, 0.2) is 11.5 Å². The zero-order valence-electron chi connectivity index (χ0n) is 18.8. The molecule has 3 heterocycles. The maximum atomic E-state index is 13.5. The summed E-state index contributed by atoms with van der Waals surface area (Å²) in [5, 5.41) is 13.5. The smallest absolute Gasteiger partial charge is 0.413 e. The Morgan fingerprint density at radius 3 is 2.74 bits per heavy atom. The van der Waals surface area contributed by atoms with Crippen molar-refractivity contribution in [2.45, 2.75) is 38.3 Å². The van der Waals surface area contributed by atoms with Gasteiger partial charge in [0.2, 0.25) is 9.74 Å². The summed E-state index contributed by atoms with van der Waals surface area (Å²) in [5.41, 5.74) is 12.3. The van der Waals surface area contributed by atoms with E-state index in [1.807, 2.05) is 0 Å². The fourth-order valence-electron chi connectivity index (χ4n) is 3.66. The van der Waals surface area contributed by atoms with E-state index in [9.17, 15) is 14.5 Å². The van der Waals surface area contributed by atoms with Crippen molar-refractivity contribution in [1.29, 1.82) is 0 Å². The van der Waals surface area contributed by atoms with Crippen LogP contribution in [-0.4, -0.2) is 53.3 Å². The highest BCUT2D eigenvalue weighted by molar-refractivity contribution is 14.1. The monoisotopic (exact) mass is 617 g/mol. The van der Waals surface area contributed by atoms with E-state index in [1.54, 1.807) is 71.3 Å². The van der Waals surface area contributed by atoms with Crippen molar-refractivity contribution >= 4 is 57.1 Å². The number of anilines is 2. The molecule has 15 heteroatoms. The number of aliphatic hydroxyl groups excluding tert-OH is 1. The van der Waals surface area contributed by atoms with Gasteiger partial charge in [-0.05, 0) is 19.1 Å². The van der Waals surface area contributed by atoms with Gasteiger partial charge in [-0.3, -0.25) is 13.9 Å². The molecule has 1 aliphatic heterocycles. The molecule has 0 amide bonds. The predicted molar refractivity (Wildman–Crippen MR) is 135 cm³/mol. The number of hydrogen-bond acceptors (Lipinski definition) is 11. The van der Waals surface area contributed by atoms with E-state index in [1.165, 1.54) is 6.33 Å². The summed E-state index contributed by atoms with van der Waals surface area (Å²) < 4.78 is 32.1. The van der Waals surface area contributed by atoms with E-state index < -0.39 is 38.1 Å². The number of ether oxygens (including phenoxy) is 1. The topological polar surface area (TPSA) is 190 Å². The maximum Gasteiger partial charge on any atom is 0.459 e. The van der Waals surface area contributed by atoms with Crippen LogP contribution in [0.15, 0.2) is 36.7 Å². The van der Waals surface area contributed by atoms with Gasteiger partial charge < -0.3 is 25.8 Å². The molecule has 6 atom stereocenters. The van der Waals surface area contributed by atoms with Gasteiger partial charge in [-0.2, -0.15) is 9.97 Å². The minimum Gasteiger partial charge on any atom is -0.413 e. The van der Waals surface area contributed by atoms with Crippen LogP contribution >= 0.6 is 30.3 Å². The summed E-state index contributed by atoms with van der Waals surface area (Å²) in [6, 6.07) is 7.61. The van der Waals surface area contributed by atoms with Crippen LogP contribution in [-0.2, 0) is 18.6 Å². The molecule has 1 aromatic carbocycles. The van der Waals surface area contributed by atoms with Crippen molar-refractivity contribution in [3.05, 3.63) is 36.7 Å². The summed E-state index contributed by atoms with van der Waals surface area (Å²) in [6.07, 6.45) is -1.06. The van der Waals surface area contributed by atoms with E-state index in [0.29, 0.717) is 11.2 Å². The van der Waals surface area contributed by atoms with E-state index in [2.05, 4.69) is 20.0 Å². The van der Waals surface area contributed by atoms with Crippen molar-refractivity contribution in [1.82, 2.24) is 24.6 Å². The van der Waals surface area contributed by atoms with Crippen LogP contribution in [0.2, 0.25) is 0 Å². The molecule has 0 radical (unpaired) electrons. The molecule has 1 saturated heterocycles. The third kappa shape index (κ3) is 5.57. The molecule has 0 aliphatic carbocycles. The predicted octanol–water partition coefficient (Wildman–Crippen LogP) is 2.03. The Morgan fingerprint density at radius 1 is 1.34 bits per heavy atom. The summed E-state index contributed by atoms with van der Waals surface area (Å²) in [7, 11) is -4.02. The van der Waals surface area contributed by atoms with E-state index in [-0.39, 0.29) is 27.9 Å². The van der Waals surface area contributed by atoms with Crippen LogP contribution < -0.4 is 21.1 Å². The van der Waals surface area contributed by atoms with Crippen molar-refractivity contribution in [2.75, 3.05) is 18.1 Å². The minimum atomic E-state index is -4.02. The molecule has 188 valence electrons. The molecule has 0 saturated carbocycles. The number of halogens is 1. The first-order valence-corrected chi connectivity index (χ1v) is 13.3. The first kappa shape index (κ1) is 25.7. The van der Waals surface area contributed by atoms with Gasteiger partial charge in [-0.1, -0.05) is 25.1 Å². The van der Waals surface area contributed by atoms with Crippen LogP contribution in [0.1, 0.15) is 20.1 Å². The first-order valence-electron chi connectivity index (χ1n) is 10.6. The molecule has 1 fully saturated rings. The molecule has 1 unspecified atom stereocenters. The molecule has 4 rings (SSSR count). The molecule has 3 aromatic rings. The van der Waals surface area contributed by atoms with Gasteiger partial charge in [-0.25, -0.2) is 14.6 Å². The average Bonchev–Trinajstić information content (AvgIpc) is 3.34. The molecule has 13 nitrogen and oxygen atoms in total. The normalized spacial score (nSPS) is 24.8. The molecule has 2 aromatic heterocycles. The quantitative estimate of drug-likeness (QED) is 0.156. The molecule has 0 bridgehead atoms. The third-order valence-corrected chi connectivity index (χ3v) is 8.07. The number of nitrogens with two attached hydrogens (primary N) is 2. The number of rotatable bonds is 9. The minimum absolute atomic E-state index is 0.0214. The summed E-state index contributed by atoms with van der Waals surface area (Å²) in [5.74, 6) is -0.0286. The molecule has 0 spiro atoms. The van der Waals surface area contributed by atoms with Crippen molar-refractivity contribution in [2.24, 2.45) is 5.92 Å². The number of nitrogens with one attached hydrogen (secondary N) is 1. The number of carbonyl (C=O) groups excluding carboxylic acids is 1. The van der Waals surface area contributed by atoms with Gasteiger partial charge in [-0.15, -0.1) is 0 Å². The second kappa shape index (κ2) is 10.3. The molecular weight excluding hydrogens is 592 g/mol. The average molecular weight is 617 g/mol. The second-order valence-electron chi connectivity index (χ2n) is 8.06. The number of nitrogen functional groups attached to an aromatic ring is 2. The van der Waals surface area contributed by atoms with Crippen LogP contribution in [0.5, 0.6) is 5.75 Å². The molecule has 35 heavy (non-hydrogen) atoms. The van der Waals surface area contributed by atoms with Gasteiger partial charge in [0, 0.05) is 28.5 Å². The number of para-hydroxylation sites is 1. The zero-order valence-corrected chi connectivity index (χ0v) is 21.9. The highest BCUT2D eigenvalue weighted by Crippen LogP contribution is 2.46. The van der Waals surface area contributed by atoms with Crippen LogP contribution in [0.3, 0.4) is 0 Å². The van der Waals surface area contributed by atoms with Crippen LogP contribution in [0, 0.1) is 5.92 Å². The highest BCUT2D eigenvalue weighted by atomic mass is 127. The number of hydrogen-bond donors (Lipinski definition) is 4. The lowest BCUT2D eigenvalue weighted by Crippen LogP contribution is -2.34. The Bertz CT molecular complexity index is 1260. The number of aromatic nitrogens is 4. The largest absolute Gasteiger partial charge is 0.459 e. The number of aliphatic hydroxyl groups is 1. The second-order valence-corrected chi connectivity index (χ2v) is 10.8. The zero-order chi connectivity index (χ0) is 25.3. The summed E-state index contributed by atoms with van der Waals surface area (Å²) in [6.45, 7) is 3.04. The number of nitrogens with zero attached hydrogens (tertiary/aromatic N) is 4. The lowest BCUT2D eigenvalue weighted by Gasteiger charge is -2.24. The lowest BCUT2D eigenvalue weighted by molar-refractivity contribution is -0.110. The van der Waals surface area contributed by atoms with Gasteiger partial charge in [0.05, 0.1) is 25.1 Å². The maximum absolute atomic E-state index is 13.5. The Labute approximate surface area is 214 Å². The Morgan fingerprint density at radius 2 is 2.06 bits per heavy atom. The standard InChI is InChI=1S/C20H25IN7O6P/c1-10-15(29)13(33-19(10)28-9-24-14-17(22)25-20(23)26-18(14)28)8-32-35(31,27-11(2)16(21)30)34-12-6-4-3-5-7-12/h3-7,9-11,13,15,19,29H,8H2,1-2H3,(H,27,31)(H4,22,23,25,26)/t10-,11-,13+,15-,19+,35?/m0/s1. The number of fused-ring (bicyclic) bond motifs is 1. The van der Waals surface area contributed by atoms with Gasteiger partial charge in [0.1, 0.15) is 23.6 Å².